The quantitative estimate of drug-likeness (QED) is 0.457. The number of nitrogens with one attached hydrogen (secondary N) is 1. The molecule has 1 saturated heterocycles. The lowest BCUT2D eigenvalue weighted by atomic mass is 10.0. The second-order valence-electron chi connectivity index (χ2n) is 9.60. The van der Waals surface area contributed by atoms with Gasteiger partial charge >= 0.3 is 0 Å². The summed E-state index contributed by atoms with van der Waals surface area (Å²) in [6, 6.07) is 15.8. The summed E-state index contributed by atoms with van der Waals surface area (Å²) >= 11 is 0. The number of imidazole rings is 1. The maximum atomic E-state index is 4.70. The first-order valence-electron chi connectivity index (χ1n) is 12.5. The average Bonchev–Trinajstić information content (AvgIpc) is 3.40. The molecular weight excluding hydrogens is 434 g/mol. The van der Waals surface area contributed by atoms with E-state index in [0.717, 1.165) is 66.4 Å². The Kier molecular flexibility index (Phi) is 5.70. The molecule has 4 heterocycles. The van der Waals surface area contributed by atoms with Crippen molar-refractivity contribution in [2.24, 2.45) is 0 Å². The fraction of sp³-hybridized carbons (Fsp3) is 0.321. The smallest absolute Gasteiger partial charge is 0.136 e. The minimum atomic E-state index is 0.120. The van der Waals surface area contributed by atoms with E-state index >= 15 is 0 Å². The molecular formula is C28H31N7. The van der Waals surface area contributed by atoms with Crippen LogP contribution in [0.5, 0.6) is 0 Å². The van der Waals surface area contributed by atoms with E-state index in [1.54, 1.807) is 12.4 Å². The molecule has 0 aliphatic carbocycles. The van der Waals surface area contributed by atoms with Crippen LogP contribution in [0.3, 0.4) is 0 Å². The second-order valence-corrected chi connectivity index (χ2v) is 9.60. The summed E-state index contributed by atoms with van der Waals surface area (Å²) < 4.78 is 2.18. The Labute approximate surface area is 206 Å². The van der Waals surface area contributed by atoms with Gasteiger partial charge in [-0.05, 0) is 56.7 Å². The van der Waals surface area contributed by atoms with Crippen LogP contribution in [0.15, 0.2) is 73.3 Å². The van der Waals surface area contributed by atoms with Gasteiger partial charge in [-0.1, -0.05) is 12.1 Å². The molecule has 2 aliphatic heterocycles. The fourth-order valence-electron chi connectivity index (χ4n) is 5.18. The normalized spacial score (nSPS) is 18.5. The predicted octanol–water partition coefficient (Wildman–Crippen LogP) is 4.80. The molecule has 35 heavy (non-hydrogen) atoms. The molecule has 0 spiro atoms. The Morgan fingerprint density at radius 3 is 2.40 bits per heavy atom. The number of hydrogen-bond donors (Lipinski definition) is 1. The second kappa shape index (κ2) is 9.15. The van der Waals surface area contributed by atoms with Crippen molar-refractivity contribution >= 4 is 28.1 Å². The molecule has 6 rings (SSSR count). The van der Waals surface area contributed by atoms with E-state index in [-0.39, 0.29) is 6.04 Å². The Balaban J connectivity index is 1.17. The summed E-state index contributed by atoms with van der Waals surface area (Å²) in [6.45, 7) is 8.97. The Morgan fingerprint density at radius 2 is 1.63 bits per heavy atom. The topological polar surface area (TPSA) is 62.1 Å². The maximum Gasteiger partial charge on any atom is 0.136 e. The molecule has 0 bridgehead atoms. The number of piperazine rings is 1. The highest BCUT2D eigenvalue weighted by Crippen LogP contribution is 2.33. The van der Waals surface area contributed by atoms with Crippen LogP contribution < -0.4 is 10.2 Å². The van der Waals surface area contributed by atoms with E-state index in [4.69, 9.17) is 4.98 Å². The van der Waals surface area contributed by atoms with Gasteiger partial charge in [0.1, 0.15) is 5.82 Å². The number of aromatic nitrogens is 4. The predicted molar refractivity (Wildman–Crippen MR) is 141 cm³/mol. The zero-order chi connectivity index (χ0) is 23.8. The zero-order valence-corrected chi connectivity index (χ0v) is 20.3. The van der Waals surface area contributed by atoms with Crippen molar-refractivity contribution < 1.29 is 0 Å². The monoisotopic (exact) mass is 465 g/mol. The van der Waals surface area contributed by atoms with Crippen molar-refractivity contribution in [1.82, 2.24) is 24.4 Å². The van der Waals surface area contributed by atoms with Crippen molar-refractivity contribution in [3.8, 4) is 0 Å². The van der Waals surface area contributed by atoms with Crippen LogP contribution in [0, 0.1) is 0 Å². The lowest BCUT2D eigenvalue weighted by molar-refractivity contribution is 0.209. The van der Waals surface area contributed by atoms with Crippen LogP contribution >= 0.6 is 0 Å². The minimum absolute atomic E-state index is 0.120. The summed E-state index contributed by atoms with van der Waals surface area (Å²) in [5, 5.41) is 3.70. The van der Waals surface area contributed by atoms with Gasteiger partial charge in [0.25, 0.3) is 0 Å². The van der Waals surface area contributed by atoms with Crippen LogP contribution in [-0.2, 0) is 0 Å². The third-order valence-corrected chi connectivity index (χ3v) is 7.17. The Hall–Kier alpha value is -3.71. The van der Waals surface area contributed by atoms with Crippen molar-refractivity contribution in [1.29, 1.82) is 0 Å². The highest BCUT2D eigenvalue weighted by Gasteiger charge is 2.24. The van der Waals surface area contributed by atoms with E-state index in [0.29, 0.717) is 6.04 Å². The number of benzene rings is 2. The van der Waals surface area contributed by atoms with E-state index < -0.39 is 0 Å². The number of nitrogens with zero attached hydrogens (tertiary/aromatic N) is 6. The Bertz CT molecular complexity index is 1350. The van der Waals surface area contributed by atoms with Gasteiger partial charge in [0, 0.05) is 73.9 Å². The van der Waals surface area contributed by atoms with Gasteiger partial charge in [-0.3, -0.25) is 14.9 Å². The van der Waals surface area contributed by atoms with Gasteiger partial charge in [-0.2, -0.15) is 0 Å². The number of rotatable bonds is 5. The molecule has 178 valence electrons. The molecule has 0 saturated carbocycles. The van der Waals surface area contributed by atoms with E-state index in [2.05, 4.69) is 86.0 Å². The first-order valence-corrected chi connectivity index (χ1v) is 12.5. The van der Waals surface area contributed by atoms with E-state index in [9.17, 15) is 0 Å². The minimum Gasteiger partial charge on any atom is -0.375 e. The highest BCUT2D eigenvalue weighted by atomic mass is 15.3. The molecule has 0 amide bonds. The number of hydrogen-bond acceptors (Lipinski definition) is 6. The molecule has 4 aromatic rings. The van der Waals surface area contributed by atoms with Crippen LogP contribution in [0.4, 0.5) is 11.4 Å². The Morgan fingerprint density at radius 1 is 0.857 bits per heavy atom. The molecule has 7 heteroatoms. The van der Waals surface area contributed by atoms with Crippen LogP contribution in [-0.4, -0.2) is 56.6 Å². The van der Waals surface area contributed by atoms with Crippen molar-refractivity contribution in [2.75, 3.05) is 36.4 Å². The molecule has 2 aliphatic rings. The van der Waals surface area contributed by atoms with E-state index in [1.165, 1.54) is 5.69 Å². The maximum absolute atomic E-state index is 4.70. The molecule has 1 atom stereocenters. The SMILES string of the molecule is CC(C)N1CCN(c2ccc(NC3CC=C(c4ccc5nccnc5c4)n4ccnc43)cc2)CC1. The van der Waals surface area contributed by atoms with Gasteiger partial charge in [-0.25, -0.2) is 4.98 Å². The van der Waals surface area contributed by atoms with Gasteiger partial charge in [0.2, 0.25) is 0 Å². The first kappa shape index (κ1) is 21.8. The molecule has 1 unspecified atom stereocenters. The summed E-state index contributed by atoms with van der Waals surface area (Å²) in [4.78, 5) is 18.6. The van der Waals surface area contributed by atoms with Gasteiger partial charge in [0.05, 0.1) is 22.8 Å². The van der Waals surface area contributed by atoms with Crippen molar-refractivity contribution in [3.63, 3.8) is 0 Å². The lowest BCUT2D eigenvalue weighted by Gasteiger charge is -2.38. The standard InChI is InChI=1S/C28H31N7/c1-20(2)33-15-17-34(18-16-33)23-6-4-22(5-7-23)32-25-9-10-27(35-14-13-31-28(25)35)21-3-8-24-26(19-21)30-12-11-29-24/h3-8,10-14,19-20,25,32H,9,15-18H2,1-2H3. The molecule has 0 radical (unpaired) electrons. The zero-order valence-electron chi connectivity index (χ0n) is 20.3. The molecule has 7 nitrogen and oxygen atoms in total. The first-order chi connectivity index (χ1) is 17.2. The van der Waals surface area contributed by atoms with Gasteiger partial charge in [-0.15, -0.1) is 0 Å². The van der Waals surface area contributed by atoms with Crippen LogP contribution in [0.25, 0.3) is 16.7 Å². The summed E-state index contributed by atoms with van der Waals surface area (Å²) in [5.74, 6) is 1.02. The molecule has 1 N–H and O–H groups in total. The van der Waals surface area contributed by atoms with Crippen LogP contribution in [0.2, 0.25) is 0 Å². The fourth-order valence-corrected chi connectivity index (χ4v) is 5.18. The van der Waals surface area contributed by atoms with Crippen molar-refractivity contribution in [2.45, 2.75) is 32.4 Å². The number of anilines is 2. The van der Waals surface area contributed by atoms with Gasteiger partial charge in [0.15, 0.2) is 0 Å². The summed E-state index contributed by atoms with van der Waals surface area (Å²) in [6.07, 6.45) is 10.5. The number of fused-ring (bicyclic) bond motifs is 2. The summed E-state index contributed by atoms with van der Waals surface area (Å²) in [7, 11) is 0. The average molecular weight is 466 g/mol. The summed E-state index contributed by atoms with van der Waals surface area (Å²) in [5.41, 5.74) is 6.48. The molecule has 2 aromatic heterocycles. The third-order valence-electron chi connectivity index (χ3n) is 7.17. The highest BCUT2D eigenvalue weighted by molar-refractivity contribution is 5.80. The molecule has 2 aromatic carbocycles. The van der Waals surface area contributed by atoms with E-state index in [1.807, 2.05) is 18.5 Å². The van der Waals surface area contributed by atoms with Crippen LogP contribution in [0.1, 0.15) is 37.7 Å². The lowest BCUT2D eigenvalue weighted by Crippen LogP contribution is -2.48. The molecule has 1 fully saturated rings. The third kappa shape index (κ3) is 4.28. The van der Waals surface area contributed by atoms with Gasteiger partial charge < -0.3 is 14.8 Å². The largest absolute Gasteiger partial charge is 0.375 e. The van der Waals surface area contributed by atoms with Crippen molar-refractivity contribution in [3.05, 3.63) is 84.7 Å².